The van der Waals surface area contributed by atoms with Crippen molar-refractivity contribution in [1.82, 2.24) is 0 Å². The predicted molar refractivity (Wildman–Crippen MR) is 99.0 cm³/mol. The van der Waals surface area contributed by atoms with Crippen LogP contribution in [0, 0.1) is 11.3 Å². The van der Waals surface area contributed by atoms with Gasteiger partial charge in [0.1, 0.15) is 11.5 Å². The highest BCUT2D eigenvalue weighted by Crippen LogP contribution is 2.37. The molecule has 0 atom stereocenters. The Hall–Kier alpha value is -3.91. The first kappa shape index (κ1) is 15.6. The minimum absolute atomic E-state index is 0.135. The van der Waals surface area contributed by atoms with Gasteiger partial charge in [0.15, 0.2) is 0 Å². The van der Waals surface area contributed by atoms with E-state index in [-0.39, 0.29) is 11.7 Å². The molecule has 3 aromatic rings. The summed E-state index contributed by atoms with van der Waals surface area (Å²) in [7, 11) is 0. The lowest BCUT2D eigenvalue weighted by atomic mass is 10.1. The van der Waals surface area contributed by atoms with Crippen LogP contribution in [-0.4, -0.2) is 16.7 Å². The van der Waals surface area contributed by atoms with Gasteiger partial charge < -0.3 is 5.11 Å². The average Bonchev–Trinajstić information content (AvgIpc) is 2.95. The molecular weight excluding hydrogens is 326 g/mol. The van der Waals surface area contributed by atoms with E-state index in [2.05, 4.69) is 11.1 Å². The van der Waals surface area contributed by atoms with Gasteiger partial charge in [-0.05, 0) is 48.5 Å². The summed E-state index contributed by atoms with van der Waals surface area (Å²) < 4.78 is 0. The van der Waals surface area contributed by atoms with Crippen LogP contribution in [0.3, 0.4) is 0 Å². The van der Waals surface area contributed by atoms with Gasteiger partial charge in [-0.15, -0.1) is 0 Å². The number of nitriles is 1. The van der Waals surface area contributed by atoms with Crippen LogP contribution in [0.4, 0.5) is 17.1 Å². The number of hydrogen-bond donors (Lipinski definition) is 1. The Bertz CT molecular complexity index is 1080. The SMILES string of the molecule is N#Cc1cccc(N=C2C(=O)N(c3ccc(O)cc3)c3ccccc32)c1. The summed E-state index contributed by atoms with van der Waals surface area (Å²) in [6.45, 7) is 0. The molecule has 1 N–H and O–H groups in total. The van der Waals surface area contributed by atoms with Gasteiger partial charge in [-0.3, -0.25) is 9.69 Å². The number of phenols is 1. The lowest BCUT2D eigenvalue weighted by Crippen LogP contribution is -2.25. The van der Waals surface area contributed by atoms with Gasteiger partial charge in [-0.2, -0.15) is 5.26 Å². The molecular formula is C21H13N3O2. The van der Waals surface area contributed by atoms with Crippen LogP contribution in [0.15, 0.2) is 77.8 Å². The summed E-state index contributed by atoms with van der Waals surface area (Å²) in [6.07, 6.45) is 0. The van der Waals surface area contributed by atoms with E-state index in [1.54, 1.807) is 41.3 Å². The summed E-state index contributed by atoms with van der Waals surface area (Å²) in [4.78, 5) is 19.2. The molecule has 0 aromatic heterocycles. The number of carbonyl (C=O) groups excluding carboxylic acids is 1. The Kier molecular flexibility index (Phi) is 3.71. The predicted octanol–water partition coefficient (Wildman–Crippen LogP) is 4.06. The van der Waals surface area contributed by atoms with Gasteiger partial charge in [0, 0.05) is 11.3 Å². The molecule has 5 nitrogen and oxygen atoms in total. The molecule has 0 spiro atoms. The highest BCUT2D eigenvalue weighted by molar-refractivity contribution is 6.56. The molecule has 0 radical (unpaired) electrons. The van der Waals surface area contributed by atoms with Gasteiger partial charge in [-0.1, -0.05) is 24.3 Å². The number of carbonyl (C=O) groups is 1. The van der Waals surface area contributed by atoms with Crippen LogP contribution in [0.1, 0.15) is 11.1 Å². The first-order valence-electron chi connectivity index (χ1n) is 7.99. The summed E-state index contributed by atoms with van der Waals surface area (Å²) >= 11 is 0. The van der Waals surface area contributed by atoms with E-state index in [1.807, 2.05) is 24.3 Å². The van der Waals surface area contributed by atoms with Crippen LogP contribution in [0.5, 0.6) is 5.75 Å². The molecule has 0 fully saturated rings. The summed E-state index contributed by atoms with van der Waals surface area (Å²) in [5, 5.41) is 18.6. The second-order valence-electron chi connectivity index (χ2n) is 5.80. The Balaban J connectivity index is 1.84. The Labute approximate surface area is 150 Å². The second-order valence-corrected chi connectivity index (χ2v) is 5.80. The fraction of sp³-hybridized carbons (Fsp3) is 0. The van der Waals surface area contributed by atoms with Crippen LogP contribution in [0.25, 0.3) is 0 Å². The fourth-order valence-corrected chi connectivity index (χ4v) is 2.94. The Morgan fingerprint density at radius 2 is 1.73 bits per heavy atom. The number of hydrogen-bond acceptors (Lipinski definition) is 4. The van der Waals surface area contributed by atoms with Crippen molar-refractivity contribution >= 4 is 28.7 Å². The number of benzene rings is 3. The summed E-state index contributed by atoms with van der Waals surface area (Å²) in [5.41, 5.74) is 3.47. The largest absolute Gasteiger partial charge is 0.508 e. The van der Waals surface area contributed by atoms with Gasteiger partial charge in [0.2, 0.25) is 0 Å². The van der Waals surface area contributed by atoms with Crippen molar-refractivity contribution in [3.05, 3.63) is 83.9 Å². The molecule has 1 aliphatic heterocycles. The van der Waals surface area contributed by atoms with E-state index in [1.165, 1.54) is 12.1 Å². The maximum absolute atomic E-state index is 13.1. The minimum atomic E-state index is -0.251. The van der Waals surface area contributed by atoms with Gasteiger partial charge >= 0.3 is 0 Å². The topological polar surface area (TPSA) is 76.7 Å². The lowest BCUT2D eigenvalue weighted by Gasteiger charge is -2.16. The van der Waals surface area contributed by atoms with Crippen molar-refractivity contribution in [3.8, 4) is 11.8 Å². The number of fused-ring (bicyclic) bond motifs is 1. The summed E-state index contributed by atoms with van der Waals surface area (Å²) in [5.74, 6) is -0.116. The van der Waals surface area contributed by atoms with Crippen molar-refractivity contribution < 1.29 is 9.90 Å². The third-order valence-corrected chi connectivity index (χ3v) is 4.13. The van der Waals surface area contributed by atoms with Gasteiger partial charge in [0.25, 0.3) is 5.91 Å². The fourth-order valence-electron chi connectivity index (χ4n) is 2.94. The molecule has 0 bridgehead atoms. The molecule has 1 heterocycles. The third kappa shape index (κ3) is 2.60. The maximum Gasteiger partial charge on any atom is 0.282 e. The maximum atomic E-state index is 13.1. The quantitative estimate of drug-likeness (QED) is 0.765. The van der Waals surface area contributed by atoms with E-state index in [9.17, 15) is 9.90 Å². The van der Waals surface area contributed by atoms with Gasteiger partial charge in [0.05, 0.1) is 23.0 Å². The van der Waals surface area contributed by atoms with Crippen molar-refractivity contribution in [3.63, 3.8) is 0 Å². The van der Waals surface area contributed by atoms with E-state index in [0.29, 0.717) is 22.6 Å². The van der Waals surface area contributed by atoms with E-state index in [0.717, 1.165) is 11.3 Å². The van der Waals surface area contributed by atoms with E-state index >= 15 is 0 Å². The zero-order valence-corrected chi connectivity index (χ0v) is 13.6. The van der Waals surface area contributed by atoms with Crippen LogP contribution in [-0.2, 0) is 4.79 Å². The standard InChI is InChI=1S/C21H13N3O2/c22-13-14-4-3-5-15(12-14)23-20-18-6-1-2-7-19(18)24(21(20)26)16-8-10-17(25)11-9-16/h1-12,25H. The number of nitrogens with zero attached hydrogens (tertiary/aromatic N) is 3. The monoisotopic (exact) mass is 339 g/mol. The van der Waals surface area contributed by atoms with Crippen molar-refractivity contribution in [1.29, 1.82) is 5.26 Å². The molecule has 5 heteroatoms. The highest BCUT2D eigenvalue weighted by atomic mass is 16.3. The first-order valence-corrected chi connectivity index (χ1v) is 7.99. The highest BCUT2D eigenvalue weighted by Gasteiger charge is 2.34. The van der Waals surface area contributed by atoms with E-state index in [4.69, 9.17) is 5.26 Å². The van der Waals surface area contributed by atoms with Crippen molar-refractivity contribution in [2.24, 2.45) is 4.99 Å². The lowest BCUT2D eigenvalue weighted by molar-refractivity contribution is -0.111. The molecule has 0 saturated heterocycles. The number of aromatic hydroxyl groups is 1. The zero-order valence-electron chi connectivity index (χ0n) is 13.6. The number of rotatable bonds is 2. The molecule has 26 heavy (non-hydrogen) atoms. The summed E-state index contributed by atoms with van der Waals surface area (Å²) in [6, 6.07) is 22.8. The molecule has 0 aliphatic carbocycles. The van der Waals surface area contributed by atoms with Gasteiger partial charge in [-0.25, -0.2) is 4.99 Å². The van der Waals surface area contributed by atoms with Crippen LogP contribution < -0.4 is 4.90 Å². The molecule has 0 saturated carbocycles. The molecule has 4 rings (SSSR count). The molecule has 1 aliphatic rings. The molecule has 124 valence electrons. The number of para-hydroxylation sites is 1. The Morgan fingerprint density at radius 3 is 2.50 bits per heavy atom. The first-order chi connectivity index (χ1) is 12.7. The zero-order chi connectivity index (χ0) is 18.1. The molecule has 3 aromatic carbocycles. The second kappa shape index (κ2) is 6.19. The minimum Gasteiger partial charge on any atom is -0.508 e. The smallest absolute Gasteiger partial charge is 0.282 e. The Morgan fingerprint density at radius 1 is 0.962 bits per heavy atom. The number of anilines is 2. The van der Waals surface area contributed by atoms with Crippen molar-refractivity contribution in [2.75, 3.05) is 4.90 Å². The van der Waals surface area contributed by atoms with Crippen LogP contribution in [0.2, 0.25) is 0 Å². The number of aliphatic imine (C=N–C) groups is 1. The van der Waals surface area contributed by atoms with E-state index < -0.39 is 0 Å². The normalized spacial score (nSPS) is 14.3. The van der Waals surface area contributed by atoms with Crippen LogP contribution >= 0.6 is 0 Å². The average molecular weight is 339 g/mol. The number of amides is 1. The molecule has 0 unspecified atom stereocenters. The number of phenolic OH excluding ortho intramolecular Hbond substituents is 1. The van der Waals surface area contributed by atoms with Crippen molar-refractivity contribution in [2.45, 2.75) is 0 Å². The third-order valence-electron chi connectivity index (χ3n) is 4.13. The molecule has 1 amide bonds.